The van der Waals surface area contributed by atoms with E-state index in [1.54, 1.807) is 28.8 Å². The molecule has 2 fully saturated rings. The van der Waals surface area contributed by atoms with Crippen LogP contribution in [0.25, 0.3) is 6.08 Å². The molecule has 7 heteroatoms. The molecule has 1 amide bonds. The minimum Gasteiger partial charge on any atom is -0.366 e. The van der Waals surface area contributed by atoms with E-state index in [0.717, 1.165) is 35.0 Å². The Kier molecular flexibility index (Phi) is 6.63. The SMILES string of the molecule is CC1CN(c2ccccc2C=C2SCCN(c3ccc(Cl)c(Cl)c3)C2=O)C(C)CN1. The number of amides is 1. The van der Waals surface area contributed by atoms with Gasteiger partial charge in [-0.1, -0.05) is 41.4 Å². The molecule has 4 rings (SSSR count). The predicted octanol–water partition coefficient (Wildman–Crippen LogP) is 5.30. The summed E-state index contributed by atoms with van der Waals surface area (Å²) in [5.74, 6) is 0.835. The molecular weight excluding hydrogens is 437 g/mol. The van der Waals surface area contributed by atoms with Gasteiger partial charge >= 0.3 is 0 Å². The summed E-state index contributed by atoms with van der Waals surface area (Å²) in [6, 6.07) is 14.5. The van der Waals surface area contributed by atoms with Gasteiger partial charge in [0, 0.05) is 48.8 Å². The van der Waals surface area contributed by atoms with Crippen LogP contribution in [0.4, 0.5) is 11.4 Å². The predicted molar refractivity (Wildman–Crippen MR) is 130 cm³/mol. The first kappa shape index (κ1) is 21.6. The topological polar surface area (TPSA) is 35.6 Å². The zero-order valence-electron chi connectivity index (χ0n) is 17.1. The monoisotopic (exact) mass is 461 g/mol. The molecule has 0 aliphatic carbocycles. The normalized spacial score (nSPS) is 23.9. The highest BCUT2D eigenvalue weighted by atomic mass is 35.5. The number of para-hydroxylation sites is 1. The Balaban J connectivity index is 1.65. The Labute approximate surface area is 192 Å². The number of hydrogen-bond donors (Lipinski definition) is 1. The molecule has 0 bridgehead atoms. The van der Waals surface area contributed by atoms with E-state index in [2.05, 4.69) is 42.3 Å². The largest absolute Gasteiger partial charge is 0.366 e. The van der Waals surface area contributed by atoms with Gasteiger partial charge in [-0.15, -0.1) is 11.8 Å². The van der Waals surface area contributed by atoms with Gasteiger partial charge in [0.2, 0.25) is 0 Å². The zero-order chi connectivity index (χ0) is 21.3. The molecule has 2 saturated heterocycles. The third-order valence-corrected chi connectivity index (χ3v) is 7.27. The van der Waals surface area contributed by atoms with Crippen LogP contribution in [0.3, 0.4) is 0 Å². The Morgan fingerprint density at radius 2 is 1.93 bits per heavy atom. The van der Waals surface area contributed by atoms with Crippen molar-refractivity contribution in [2.24, 2.45) is 0 Å². The number of thioether (sulfide) groups is 1. The zero-order valence-corrected chi connectivity index (χ0v) is 19.4. The molecular formula is C23H25Cl2N3OS. The van der Waals surface area contributed by atoms with E-state index in [0.29, 0.717) is 28.7 Å². The summed E-state index contributed by atoms with van der Waals surface area (Å²) in [4.78, 5) is 18.2. The van der Waals surface area contributed by atoms with Crippen LogP contribution in [0.1, 0.15) is 19.4 Å². The fraction of sp³-hybridized carbons (Fsp3) is 0.348. The number of nitrogens with zero attached hydrogens (tertiary/aromatic N) is 2. The second kappa shape index (κ2) is 9.23. The van der Waals surface area contributed by atoms with Crippen molar-refractivity contribution in [2.45, 2.75) is 25.9 Å². The molecule has 2 aliphatic heterocycles. The van der Waals surface area contributed by atoms with E-state index in [1.165, 1.54) is 5.69 Å². The third-order valence-electron chi connectivity index (χ3n) is 5.54. The van der Waals surface area contributed by atoms with Crippen LogP contribution >= 0.6 is 35.0 Å². The first-order valence-corrected chi connectivity index (χ1v) is 11.9. The Morgan fingerprint density at radius 1 is 1.13 bits per heavy atom. The highest BCUT2D eigenvalue weighted by Crippen LogP contribution is 2.34. The lowest BCUT2D eigenvalue weighted by Gasteiger charge is -2.40. The number of hydrogen-bond acceptors (Lipinski definition) is 4. The molecule has 158 valence electrons. The highest BCUT2D eigenvalue weighted by Gasteiger charge is 2.27. The molecule has 0 radical (unpaired) electrons. The van der Waals surface area contributed by atoms with Gasteiger partial charge in [0.15, 0.2) is 0 Å². The fourth-order valence-corrected chi connectivity index (χ4v) is 5.15. The van der Waals surface area contributed by atoms with Gasteiger partial charge in [0.1, 0.15) is 0 Å². The van der Waals surface area contributed by atoms with E-state index in [1.807, 2.05) is 18.2 Å². The first-order valence-electron chi connectivity index (χ1n) is 10.1. The van der Waals surface area contributed by atoms with Crippen molar-refractivity contribution in [1.82, 2.24) is 5.32 Å². The van der Waals surface area contributed by atoms with Crippen LogP contribution in [0.15, 0.2) is 47.4 Å². The second-order valence-electron chi connectivity index (χ2n) is 7.78. The van der Waals surface area contributed by atoms with E-state index >= 15 is 0 Å². The number of halogens is 2. The number of carbonyl (C=O) groups excluding carboxylic acids is 1. The minimum absolute atomic E-state index is 0.00108. The van der Waals surface area contributed by atoms with Crippen molar-refractivity contribution in [3.8, 4) is 0 Å². The number of benzene rings is 2. The highest BCUT2D eigenvalue weighted by molar-refractivity contribution is 8.04. The van der Waals surface area contributed by atoms with Crippen molar-refractivity contribution in [3.05, 3.63) is 63.0 Å². The number of anilines is 2. The van der Waals surface area contributed by atoms with Gasteiger partial charge in [-0.05, 0) is 49.8 Å². The molecule has 2 atom stereocenters. The van der Waals surface area contributed by atoms with E-state index in [4.69, 9.17) is 23.2 Å². The van der Waals surface area contributed by atoms with Crippen LogP contribution in [-0.2, 0) is 4.79 Å². The first-order chi connectivity index (χ1) is 14.4. The lowest BCUT2D eigenvalue weighted by molar-refractivity contribution is -0.114. The third kappa shape index (κ3) is 4.50. The van der Waals surface area contributed by atoms with Crippen LogP contribution in [-0.4, -0.2) is 43.4 Å². The molecule has 2 unspecified atom stereocenters. The smallest absolute Gasteiger partial charge is 0.264 e. The summed E-state index contributed by atoms with van der Waals surface area (Å²) in [7, 11) is 0. The number of rotatable bonds is 3. The molecule has 2 heterocycles. The second-order valence-corrected chi connectivity index (χ2v) is 9.73. The molecule has 4 nitrogen and oxygen atoms in total. The van der Waals surface area contributed by atoms with Crippen LogP contribution < -0.4 is 15.1 Å². The maximum atomic E-state index is 13.3. The number of carbonyl (C=O) groups is 1. The fourth-order valence-electron chi connectivity index (χ4n) is 3.92. The molecule has 30 heavy (non-hydrogen) atoms. The Hall–Kier alpha value is -1.66. The standard InChI is InChI=1S/C23H25Cl2N3OS/c1-15-14-28(16(2)13-26-15)21-6-4-3-5-17(21)11-22-23(29)27(9-10-30-22)18-7-8-19(24)20(25)12-18/h3-8,11-12,15-16,26H,9-10,13-14H2,1-2H3. The maximum absolute atomic E-state index is 13.3. The molecule has 2 aliphatic rings. The minimum atomic E-state index is 0.00108. The van der Waals surface area contributed by atoms with E-state index < -0.39 is 0 Å². The van der Waals surface area contributed by atoms with Crippen LogP contribution in [0.5, 0.6) is 0 Å². The maximum Gasteiger partial charge on any atom is 0.264 e. The lowest BCUT2D eigenvalue weighted by Crippen LogP contribution is -2.54. The van der Waals surface area contributed by atoms with Crippen molar-refractivity contribution in [3.63, 3.8) is 0 Å². The summed E-state index contributed by atoms with van der Waals surface area (Å²) < 4.78 is 0. The summed E-state index contributed by atoms with van der Waals surface area (Å²) >= 11 is 13.8. The Morgan fingerprint density at radius 3 is 2.73 bits per heavy atom. The van der Waals surface area contributed by atoms with Gasteiger partial charge in [-0.25, -0.2) is 0 Å². The summed E-state index contributed by atoms with van der Waals surface area (Å²) in [6.07, 6.45) is 2.03. The van der Waals surface area contributed by atoms with Gasteiger partial charge in [-0.3, -0.25) is 4.79 Å². The molecule has 2 aromatic carbocycles. The summed E-state index contributed by atoms with van der Waals surface area (Å²) in [5, 5.41) is 4.48. The number of piperazine rings is 1. The lowest BCUT2D eigenvalue weighted by atomic mass is 10.1. The summed E-state index contributed by atoms with van der Waals surface area (Å²) in [6.45, 7) is 6.97. The summed E-state index contributed by atoms with van der Waals surface area (Å²) in [5.41, 5.74) is 3.02. The molecule has 0 saturated carbocycles. The van der Waals surface area contributed by atoms with Gasteiger partial charge < -0.3 is 15.1 Å². The van der Waals surface area contributed by atoms with Gasteiger partial charge in [-0.2, -0.15) is 0 Å². The molecule has 0 spiro atoms. The average Bonchev–Trinajstić information content (AvgIpc) is 2.74. The van der Waals surface area contributed by atoms with Gasteiger partial charge in [0.25, 0.3) is 5.91 Å². The molecule has 1 N–H and O–H groups in total. The quantitative estimate of drug-likeness (QED) is 0.628. The van der Waals surface area contributed by atoms with E-state index in [-0.39, 0.29) is 5.91 Å². The van der Waals surface area contributed by atoms with Crippen molar-refractivity contribution >= 4 is 58.3 Å². The van der Waals surface area contributed by atoms with Crippen molar-refractivity contribution < 1.29 is 4.79 Å². The molecule has 2 aromatic rings. The van der Waals surface area contributed by atoms with Crippen LogP contribution in [0.2, 0.25) is 10.0 Å². The Bertz CT molecular complexity index is 981. The number of nitrogens with one attached hydrogen (secondary N) is 1. The van der Waals surface area contributed by atoms with Crippen molar-refractivity contribution in [1.29, 1.82) is 0 Å². The molecule has 0 aromatic heterocycles. The van der Waals surface area contributed by atoms with Crippen molar-refractivity contribution in [2.75, 3.05) is 35.2 Å². The van der Waals surface area contributed by atoms with Gasteiger partial charge in [0.05, 0.1) is 15.0 Å². The van der Waals surface area contributed by atoms with Crippen LogP contribution in [0, 0.1) is 0 Å². The van der Waals surface area contributed by atoms with E-state index in [9.17, 15) is 4.79 Å². The average molecular weight is 462 g/mol.